The van der Waals surface area contributed by atoms with Gasteiger partial charge in [-0.25, -0.2) is 0 Å². The van der Waals surface area contributed by atoms with Gasteiger partial charge >= 0.3 is 0 Å². The minimum absolute atomic E-state index is 0.581. The molecule has 120 valence electrons. The van der Waals surface area contributed by atoms with Gasteiger partial charge in [0, 0.05) is 25.0 Å². The van der Waals surface area contributed by atoms with Gasteiger partial charge in [0.1, 0.15) is 12.4 Å². The Hall–Kier alpha value is -3.14. The summed E-state index contributed by atoms with van der Waals surface area (Å²) in [5, 5.41) is 4.20. The summed E-state index contributed by atoms with van der Waals surface area (Å²) in [7, 11) is 0. The predicted molar refractivity (Wildman–Crippen MR) is 97.3 cm³/mol. The van der Waals surface area contributed by atoms with E-state index < -0.39 is 0 Å². The molecule has 0 aliphatic heterocycles. The average molecular weight is 317 g/mol. The Kier molecular flexibility index (Phi) is 5.56. The number of ether oxygens (including phenoxy) is 1. The van der Waals surface area contributed by atoms with Gasteiger partial charge in [-0.2, -0.15) is 5.10 Å². The Bertz CT molecular complexity index is 756. The number of anilines is 1. The maximum absolute atomic E-state index is 5.78. The Morgan fingerprint density at radius 3 is 2.38 bits per heavy atom. The van der Waals surface area contributed by atoms with E-state index in [2.05, 4.69) is 39.8 Å². The van der Waals surface area contributed by atoms with Crippen LogP contribution >= 0.6 is 0 Å². The lowest BCUT2D eigenvalue weighted by Gasteiger charge is -2.06. The van der Waals surface area contributed by atoms with Gasteiger partial charge in [0.15, 0.2) is 0 Å². The largest absolute Gasteiger partial charge is 0.489 e. The minimum atomic E-state index is 0.581. The van der Waals surface area contributed by atoms with Gasteiger partial charge in [-0.3, -0.25) is 10.4 Å². The molecule has 3 rings (SSSR count). The van der Waals surface area contributed by atoms with E-state index in [0.29, 0.717) is 6.61 Å². The number of aromatic nitrogens is 1. The fourth-order valence-electron chi connectivity index (χ4n) is 2.16. The van der Waals surface area contributed by atoms with Crippen molar-refractivity contribution in [3.63, 3.8) is 0 Å². The fourth-order valence-corrected chi connectivity index (χ4v) is 2.16. The molecule has 0 saturated heterocycles. The number of rotatable bonds is 7. The molecule has 0 aliphatic rings. The number of benzene rings is 2. The van der Waals surface area contributed by atoms with Crippen molar-refractivity contribution in [2.45, 2.75) is 13.0 Å². The van der Waals surface area contributed by atoms with Crippen LogP contribution in [0.5, 0.6) is 5.75 Å². The van der Waals surface area contributed by atoms with Crippen molar-refractivity contribution < 1.29 is 4.74 Å². The highest BCUT2D eigenvalue weighted by atomic mass is 16.5. The van der Waals surface area contributed by atoms with Crippen LogP contribution < -0.4 is 10.2 Å². The monoisotopic (exact) mass is 317 g/mol. The first-order valence-electron chi connectivity index (χ1n) is 7.83. The van der Waals surface area contributed by atoms with Crippen molar-refractivity contribution in [3.05, 3.63) is 90.3 Å². The number of hydrazone groups is 1. The fraction of sp³-hybridized carbons (Fsp3) is 0.100. The second kappa shape index (κ2) is 8.48. The quantitative estimate of drug-likeness (QED) is 0.522. The smallest absolute Gasteiger partial charge is 0.119 e. The molecule has 0 fully saturated rings. The van der Waals surface area contributed by atoms with Gasteiger partial charge in [0.25, 0.3) is 0 Å². The lowest BCUT2D eigenvalue weighted by molar-refractivity contribution is 0.306. The summed E-state index contributed by atoms with van der Waals surface area (Å²) in [6.45, 7) is 0.581. The molecule has 0 bridgehead atoms. The van der Waals surface area contributed by atoms with Crippen molar-refractivity contribution >= 4 is 11.9 Å². The van der Waals surface area contributed by atoms with E-state index >= 15 is 0 Å². The molecule has 3 aromatic rings. The molecule has 1 aromatic heterocycles. The summed E-state index contributed by atoms with van der Waals surface area (Å²) in [4.78, 5) is 3.96. The topological polar surface area (TPSA) is 46.5 Å². The molecular formula is C20H19N3O. The summed E-state index contributed by atoms with van der Waals surface area (Å²) < 4.78 is 5.78. The molecule has 4 nitrogen and oxygen atoms in total. The van der Waals surface area contributed by atoms with E-state index in [1.165, 1.54) is 5.56 Å². The van der Waals surface area contributed by atoms with Crippen LogP contribution in [0.15, 0.2) is 84.2 Å². The molecule has 0 atom stereocenters. The van der Waals surface area contributed by atoms with E-state index in [-0.39, 0.29) is 0 Å². The SMILES string of the molecule is C(/Cc1ccc(OCc2ccccc2)cc1)=N\Nc1ccncc1. The standard InChI is InChI=1S/C20H19N3O/c1-2-4-18(5-3-1)16-24-20-8-6-17(7-9-20)10-15-22-23-19-11-13-21-14-12-19/h1-9,11-15H,10,16H2,(H,21,23)/b22-15+. The van der Waals surface area contributed by atoms with Crippen LogP contribution in [0.25, 0.3) is 0 Å². The lowest BCUT2D eigenvalue weighted by Crippen LogP contribution is -1.96. The van der Waals surface area contributed by atoms with Crippen LogP contribution in [-0.2, 0) is 13.0 Å². The van der Waals surface area contributed by atoms with E-state index in [9.17, 15) is 0 Å². The molecule has 0 radical (unpaired) electrons. The maximum Gasteiger partial charge on any atom is 0.119 e. The highest BCUT2D eigenvalue weighted by Crippen LogP contribution is 2.14. The Morgan fingerprint density at radius 2 is 1.62 bits per heavy atom. The molecule has 0 saturated carbocycles. The van der Waals surface area contributed by atoms with E-state index in [4.69, 9.17) is 4.74 Å². The number of pyridine rings is 1. The predicted octanol–water partition coefficient (Wildman–Crippen LogP) is 4.30. The Morgan fingerprint density at radius 1 is 0.875 bits per heavy atom. The van der Waals surface area contributed by atoms with Crippen LogP contribution in [0.3, 0.4) is 0 Å². The van der Waals surface area contributed by atoms with E-state index in [1.54, 1.807) is 12.4 Å². The van der Waals surface area contributed by atoms with Gasteiger partial charge in [0.2, 0.25) is 0 Å². The number of nitrogens with one attached hydrogen (secondary N) is 1. The van der Waals surface area contributed by atoms with Crippen molar-refractivity contribution in [2.75, 3.05) is 5.43 Å². The first kappa shape index (κ1) is 15.7. The maximum atomic E-state index is 5.78. The van der Waals surface area contributed by atoms with Gasteiger partial charge in [0.05, 0.1) is 5.69 Å². The van der Waals surface area contributed by atoms with Crippen molar-refractivity contribution in [1.82, 2.24) is 4.98 Å². The summed E-state index contributed by atoms with van der Waals surface area (Å²) in [5.74, 6) is 0.870. The zero-order valence-electron chi connectivity index (χ0n) is 13.3. The van der Waals surface area contributed by atoms with Gasteiger partial charge in [-0.05, 0) is 35.4 Å². The Balaban J connectivity index is 1.46. The molecule has 2 aromatic carbocycles. The molecule has 0 spiro atoms. The first-order valence-corrected chi connectivity index (χ1v) is 7.83. The molecule has 4 heteroatoms. The van der Waals surface area contributed by atoms with E-state index in [0.717, 1.165) is 23.4 Å². The third-order valence-corrected chi connectivity index (χ3v) is 3.46. The average Bonchev–Trinajstić information content (AvgIpc) is 2.66. The van der Waals surface area contributed by atoms with Crippen LogP contribution in [0, 0.1) is 0 Å². The molecule has 0 amide bonds. The van der Waals surface area contributed by atoms with Gasteiger partial charge in [-0.1, -0.05) is 42.5 Å². The second-order valence-corrected chi connectivity index (χ2v) is 5.28. The lowest BCUT2D eigenvalue weighted by atomic mass is 10.1. The minimum Gasteiger partial charge on any atom is -0.489 e. The zero-order chi connectivity index (χ0) is 16.5. The molecule has 24 heavy (non-hydrogen) atoms. The second-order valence-electron chi connectivity index (χ2n) is 5.28. The number of hydrogen-bond acceptors (Lipinski definition) is 4. The molecular weight excluding hydrogens is 298 g/mol. The summed E-state index contributed by atoms with van der Waals surface area (Å²) in [6.07, 6.45) is 6.06. The van der Waals surface area contributed by atoms with Gasteiger partial charge in [-0.15, -0.1) is 0 Å². The van der Waals surface area contributed by atoms with Crippen LogP contribution in [0.1, 0.15) is 11.1 Å². The summed E-state index contributed by atoms with van der Waals surface area (Å²) in [5.41, 5.74) is 6.24. The third-order valence-electron chi connectivity index (χ3n) is 3.46. The van der Waals surface area contributed by atoms with Gasteiger partial charge < -0.3 is 4.74 Å². The molecule has 1 N–H and O–H groups in total. The number of hydrogen-bond donors (Lipinski definition) is 1. The molecule has 1 heterocycles. The normalized spacial score (nSPS) is 10.7. The highest BCUT2D eigenvalue weighted by molar-refractivity contribution is 5.63. The summed E-state index contributed by atoms with van der Waals surface area (Å²) in [6, 6.07) is 22.0. The number of nitrogens with zero attached hydrogens (tertiary/aromatic N) is 2. The van der Waals surface area contributed by atoms with Crippen molar-refractivity contribution in [2.24, 2.45) is 5.10 Å². The molecule has 0 aliphatic carbocycles. The molecule has 0 unspecified atom stereocenters. The third kappa shape index (κ3) is 4.95. The van der Waals surface area contributed by atoms with Crippen molar-refractivity contribution in [1.29, 1.82) is 0 Å². The first-order chi connectivity index (χ1) is 11.9. The zero-order valence-corrected chi connectivity index (χ0v) is 13.3. The summed E-state index contributed by atoms with van der Waals surface area (Å²) >= 11 is 0. The van der Waals surface area contributed by atoms with Crippen LogP contribution in [0.4, 0.5) is 5.69 Å². The highest BCUT2D eigenvalue weighted by Gasteiger charge is 1.96. The van der Waals surface area contributed by atoms with Crippen LogP contribution in [0.2, 0.25) is 0 Å². The van der Waals surface area contributed by atoms with Crippen LogP contribution in [-0.4, -0.2) is 11.2 Å². The van der Waals surface area contributed by atoms with E-state index in [1.807, 2.05) is 48.7 Å². The van der Waals surface area contributed by atoms with Crippen molar-refractivity contribution in [3.8, 4) is 5.75 Å². The Labute approximate surface area is 141 Å².